The van der Waals surface area contributed by atoms with E-state index in [4.69, 9.17) is 15.6 Å². The fraction of sp³-hybridized carbons (Fsp3) is 0.435. The number of aromatic nitrogens is 2. The summed E-state index contributed by atoms with van der Waals surface area (Å²) in [4.78, 5) is 21.0. The number of nitriles is 1. The van der Waals surface area contributed by atoms with Gasteiger partial charge in [0.25, 0.3) is 5.91 Å². The number of nitrogens with zero attached hydrogens (tertiary/aromatic N) is 5. The smallest absolute Gasteiger partial charge is 0.250 e. The van der Waals surface area contributed by atoms with E-state index in [0.717, 1.165) is 18.0 Å². The van der Waals surface area contributed by atoms with Gasteiger partial charge >= 0.3 is 0 Å². The van der Waals surface area contributed by atoms with Gasteiger partial charge in [0.05, 0.1) is 46.6 Å². The Morgan fingerprint density at radius 3 is 2.68 bits per heavy atom. The van der Waals surface area contributed by atoms with E-state index >= 15 is 0 Å². The van der Waals surface area contributed by atoms with Crippen molar-refractivity contribution in [2.45, 2.75) is 51.7 Å². The summed E-state index contributed by atoms with van der Waals surface area (Å²) in [7, 11) is 1.56. The number of carbonyl (C=O) groups excluding carboxylic acids is 1. The van der Waals surface area contributed by atoms with Crippen molar-refractivity contribution in [1.82, 2.24) is 9.97 Å². The summed E-state index contributed by atoms with van der Waals surface area (Å²) in [5.74, 6) is 0.749. The zero-order chi connectivity index (χ0) is 22.0. The maximum atomic E-state index is 11.7. The van der Waals surface area contributed by atoms with Crippen LogP contribution in [0.2, 0.25) is 0 Å². The molecule has 0 saturated heterocycles. The van der Waals surface area contributed by atoms with Gasteiger partial charge in [-0.3, -0.25) is 4.79 Å². The van der Waals surface area contributed by atoms with Crippen molar-refractivity contribution in [1.29, 1.82) is 5.26 Å². The fourth-order valence-corrected chi connectivity index (χ4v) is 4.54. The normalized spacial score (nSPS) is 18.8. The summed E-state index contributed by atoms with van der Waals surface area (Å²) in [6.07, 6.45) is 5.55. The third-order valence-corrected chi connectivity index (χ3v) is 6.13. The lowest BCUT2D eigenvalue weighted by Crippen LogP contribution is -2.33. The molecule has 1 amide bonds. The average molecular weight is 419 g/mol. The molecule has 0 aromatic carbocycles. The molecule has 160 valence electrons. The van der Waals surface area contributed by atoms with Crippen LogP contribution in [0.1, 0.15) is 65.1 Å². The maximum absolute atomic E-state index is 11.7. The number of hydrazone groups is 1. The van der Waals surface area contributed by atoms with Crippen molar-refractivity contribution in [2.75, 3.05) is 12.1 Å². The number of pyridine rings is 2. The number of rotatable bonds is 6. The summed E-state index contributed by atoms with van der Waals surface area (Å²) in [6.45, 7) is 2.04. The molecule has 0 spiro atoms. The molecule has 2 N–H and O–H groups in total. The maximum Gasteiger partial charge on any atom is 0.250 e. The Morgan fingerprint density at radius 2 is 2.03 bits per heavy atom. The van der Waals surface area contributed by atoms with Gasteiger partial charge in [-0.1, -0.05) is 12.8 Å². The molecule has 4 rings (SSSR count). The van der Waals surface area contributed by atoms with Crippen LogP contribution in [0.15, 0.2) is 29.4 Å². The second kappa shape index (κ2) is 8.82. The highest BCUT2D eigenvalue weighted by molar-refractivity contribution is 6.02. The molecule has 1 aliphatic carbocycles. The van der Waals surface area contributed by atoms with E-state index < -0.39 is 5.91 Å². The van der Waals surface area contributed by atoms with E-state index in [0.29, 0.717) is 34.1 Å². The van der Waals surface area contributed by atoms with Crippen LogP contribution in [-0.4, -0.2) is 34.7 Å². The number of methoxy groups -OCH3 is 1. The Bertz CT molecular complexity index is 1070. The Balaban J connectivity index is 1.72. The van der Waals surface area contributed by atoms with Gasteiger partial charge in [0.15, 0.2) is 0 Å². The minimum atomic E-state index is -0.526. The van der Waals surface area contributed by atoms with Crippen LogP contribution in [0, 0.1) is 24.2 Å². The molecule has 2 aliphatic rings. The Kier molecular flexibility index (Phi) is 5.96. The second-order valence-electron chi connectivity index (χ2n) is 8.11. The Morgan fingerprint density at radius 1 is 1.26 bits per heavy atom. The summed E-state index contributed by atoms with van der Waals surface area (Å²) >= 11 is 0. The Hall–Kier alpha value is -3.31. The third kappa shape index (κ3) is 4.14. The molecule has 2 aromatic heterocycles. The molecular formula is C23H26N6O2. The number of aryl methyl sites for hydroxylation is 1. The SMILES string of the molecule is COCc1nc(C2=NN(c3ccc(C#N)c(C)n3)C(C3CCCC3)C2)ccc1C(N)=O. The Labute approximate surface area is 181 Å². The van der Waals surface area contributed by atoms with E-state index in [2.05, 4.69) is 16.0 Å². The molecule has 0 radical (unpaired) electrons. The van der Waals surface area contributed by atoms with Crippen LogP contribution in [0.3, 0.4) is 0 Å². The highest BCUT2D eigenvalue weighted by Gasteiger charge is 2.37. The number of primary amides is 1. The van der Waals surface area contributed by atoms with Crippen molar-refractivity contribution in [2.24, 2.45) is 16.8 Å². The molecule has 0 bridgehead atoms. The van der Waals surface area contributed by atoms with E-state index in [-0.39, 0.29) is 12.6 Å². The molecule has 8 heteroatoms. The average Bonchev–Trinajstić information content (AvgIpc) is 3.43. The molecule has 31 heavy (non-hydrogen) atoms. The number of amides is 1. The van der Waals surface area contributed by atoms with Crippen LogP contribution in [0.5, 0.6) is 0 Å². The molecular weight excluding hydrogens is 392 g/mol. The van der Waals surface area contributed by atoms with Gasteiger partial charge in [-0.15, -0.1) is 0 Å². The lowest BCUT2D eigenvalue weighted by molar-refractivity contribution is 0.0994. The summed E-state index contributed by atoms with van der Waals surface area (Å²) < 4.78 is 5.21. The van der Waals surface area contributed by atoms with Crippen molar-refractivity contribution in [3.63, 3.8) is 0 Å². The van der Waals surface area contributed by atoms with Gasteiger partial charge in [0.1, 0.15) is 11.9 Å². The van der Waals surface area contributed by atoms with Crippen LogP contribution in [-0.2, 0) is 11.3 Å². The predicted octanol–water partition coefficient (Wildman–Crippen LogP) is 3.08. The number of hydrogen-bond donors (Lipinski definition) is 1. The lowest BCUT2D eigenvalue weighted by Gasteiger charge is -2.27. The van der Waals surface area contributed by atoms with Gasteiger partial charge in [-0.05, 0) is 49.9 Å². The van der Waals surface area contributed by atoms with Crippen LogP contribution < -0.4 is 10.7 Å². The van der Waals surface area contributed by atoms with Crippen molar-refractivity contribution in [3.05, 3.63) is 52.5 Å². The van der Waals surface area contributed by atoms with Gasteiger partial charge < -0.3 is 10.5 Å². The molecule has 1 saturated carbocycles. The molecule has 1 atom stereocenters. The van der Waals surface area contributed by atoms with E-state index in [9.17, 15) is 10.1 Å². The largest absolute Gasteiger partial charge is 0.378 e. The minimum absolute atomic E-state index is 0.195. The van der Waals surface area contributed by atoms with E-state index in [1.165, 1.54) is 25.7 Å². The molecule has 1 aliphatic heterocycles. The predicted molar refractivity (Wildman–Crippen MR) is 117 cm³/mol. The van der Waals surface area contributed by atoms with Crippen molar-refractivity contribution < 1.29 is 9.53 Å². The first-order valence-corrected chi connectivity index (χ1v) is 10.5. The number of anilines is 1. The lowest BCUT2D eigenvalue weighted by atomic mass is 9.93. The van der Waals surface area contributed by atoms with Crippen molar-refractivity contribution >= 4 is 17.4 Å². The van der Waals surface area contributed by atoms with Gasteiger partial charge in [0, 0.05) is 13.5 Å². The van der Waals surface area contributed by atoms with Gasteiger partial charge in [-0.2, -0.15) is 10.4 Å². The van der Waals surface area contributed by atoms with E-state index in [1.54, 1.807) is 25.3 Å². The molecule has 2 aromatic rings. The van der Waals surface area contributed by atoms with Crippen LogP contribution >= 0.6 is 0 Å². The third-order valence-electron chi connectivity index (χ3n) is 6.13. The number of carbonyl (C=O) groups is 1. The zero-order valence-electron chi connectivity index (χ0n) is 17.8. The monoisotopic (exact) mass is 418 g/mol. The molecule has 8 nitrogen and oxygen atoms in total. The first kappa shape index (κ1) is 20.9. The number of hydrogen-bond acceptors (Lipinski definition) is 7. The number of nitrogens with two attached hydrogens (primary N) is 1. The highest BCUT2D eigenvalue weighted by Crippen LogP contribution is 2.37. The fourth-order valence-electron chi connectivity index (χ4n) is 4.54. The minimum Gasteiger partial charge on any atom is -0.378 e. The first-order valence-electron chi connectivity index (χ1n) is 10.5. The standard InChI is InChI=1S/C23H26N6O2/c1-14-16(12-24)7-10-22(26-14)29-21(15-5-3-4-6-15)11-19(28-29)18-9-8-17(23(25)30)20(27-18)13-31-2/h7-10,15,21H,3-6,11,13H2,1-2H3,(H2,25,30). The summed E-state index contributed by atoms with van der Waals surface area (Å²) in [6, 6.07) is 9.52. The molecule has 1 fully saturated rings. The second-order valence-corrected chi connectivity index (χ2v) is 8.11. The van der Waals surface area contributed by atoms with Crippen LogP contribution in [0.4, 0.5) is 5.82 Å². The summed E-state index contributed by atoms with van der Waals surface area (Å²) in [5.41, 5.74) is 9.19. The molecule has 3 heterocycles. The quantitative estimate of drug-likeness (QED) is 0.770. The first-order chi connectivity index (χ1) is 15.0. The summed E-state index contributed by atoms with van der Waals surface area (Å²) in [5, 5.41) is 16.1. The van der Waals surface area contributed by atoms with Crippen molar-refractivity contribution in [3.8, 4) is 6.07 Å². The van der Waals surface area contributed by atoms with Gasteiger partial charge in [-0.25, -0.2) is 15.0 Å². The zero-order valence-corrected chi connectivity index (χ0v) is 17.8. The van der Waals surface area contributed by atoms with Gasteiger partial charge in [0.2, 0.25) is 0 Å². The molecule has 1 unspecified atom stereocenters. The van der Waals surface area contributed by atoms with Crippen LogP contribution in [0.25, 0.3) is 0 Å². The number of ether oxygens (including phenoxy) is 1. The topological polar surface area (TPSA) is 117 Å². The highest BCUT2D eigenvalue weighted by atomic mass is 16.5. The van der Waals surface area contributed by atoms with E-state index in [1.807, 2.05) is 18.0 Å².